The molecule has 4 nitrogen and oxygen atoms in total. The van der Waals surface area contributed by atoms with Gasteiger partial charge in [0.05, 0.1) is 0 Å². The molecule has 114 valence electrons. The predicted molar refractivity (Wildman–Crippen MR) is 80.7 cm³/mol. The molecule has 5 heteroatoms. The van der Waals surface area contributed by atoms with Gasteiger partial charge in [0.2, 0.25) is 5.91 Å². The molecule has 1 aromatic heterocycles. The second-order valence-electron chi connectivity index (χ2n) is 5.55. The van der Waals surface area contributed by atoms with Crippen LogP contribution in [0.3, 0.4) is 0 Å². The summed E-state index contributed by atoms with van der Waals surface area (Å²) < 4.78 is 14.4. The maximum absolute atomic E-state index is 13.0. The Morgan fingerprint density at radius 1 is 1.18 bits per heavy atom. The van der Waals surface area contributed by atoms with E-state index in [9.17, 15) is 14.0 Å². The highest BCUT2D eigenvalue weighted by Gasteiger charge is 2.32. The van der Waals surface area contributed by atoms with Crippen LogP contribution in [0.25, 0.3) is 0 Å². The Kier molecular flexibility index (Phi) is 4.04. The second kappa shape index (κ2) is 6.13. The molecule has 1 fully saturated rings. The van der Waals surface area contributed by atoms with Gasteiger partial charge in [0, 0.05) is 24.8 Å². The number of rotatable bonds is 5. The smallest absolute Gasteiger partial charge is 0.250 e. The molecule has 0 unspecified atom stereocenters. The van der Waals surface area contributed by atoms with E-state index in [4.69, 9.17) is 0 Å². The molecule has 0 bridgehead atoms. The van der Waals surface area contributed by atoms with E-state index < -0.39 is 0 Å². The third-order valence-corrected chi connectivity index (χ3v) is 3.78. The average molecular weight is 300 g/mol. The van der Waals surface area contributed by atoms with Gasteiger partial charge >= 0.3 is 0 Å². The molecule has 1 aliphatic carbocycles. The molecule has 0 radical (unpaired) electrons. The van der Waals surface area contributed by atoms with Gasteiger partial charge in [0.1, 0.15) is 12.4 Å². The summed E-state index contributed by atoms with van der Waals surface area (Å²) in [4.78, 5) is 26.0. The number of aromatic nitrogens is 1. The number of hydrogen-bond acceptors (Lipinski definition) is 2. The van der Waals surface area contributed by atoms with Crippen LogP contribution in [0.15, 0.2) is 53.5 Å². The summed E-state index contributed by atoms with van der Waals surface area (Å²) in [6.45, 7) is 0.489. The van der Waals surface area contributed by atoms with E-state index >= 15 is 0 Å². The standard InChI is InChI=1S/C17H17FN2O2/c18-14-6-4-13(5-7-14)11-20(15-8-9-15)17(22)12-19-10-2-1-3-16(19)21/h1-7,10,15H,8-9,11-12H2. The van der Waals surface area contributed by atoms with Crippen molar-refractivity contribution in [2.45, 2.75) is 32.0 Å². The third-order valence-electron chi connectivity index (χ3n) is 3.78. The lowest BCUT2D eigenvalue weighted by molar-refractivity contribution is -0.133. The highest BCUT2D eigenvalue weighted by Crippen LogP contribution is 2.28. The largest absolute Gasteiger partial charge is 0.334 e. The molecule has 0 aliphatic heterocycles. The molecule has 0 N–H and O–H groups in total. The van der Waals surface area contributed by atoms with E-state index in [1.165, 1.54) is 22.8 Å². The number of amides is 1. The Hall–Kier alpha value is -2.43. The topological polar surface area (TPSA) is 42.3 Å². The first-order chi connectivity index (χ1) is 10.6. The van der Waals surface area contributed by atoms with Crippen LogP contribution in [0, 0.1) is 5.82 Å². The third kappa shape index (κ3) is 3.42. The SMILES string of the molecule is O=C(Cn1ccccc1=O)N(Cc1ccc(F)cc1)C1CC1. The van der Waals surface area contributed by atoms with Crippen LogP contribution in [0.1, 0.15) is 18.4 Å². The van der Waals surface area contributed by atoms with E-state index in [0.717, 1.165) is 18.4 Å². The van der Waals surface area contributed by atoms with Gasteiger partial charge in [0.25, 0.3) is 5.56 Å². The fourth-order valence-corrected chi connectivity index (χ4v) is 2.42. The van der Waals surface area contributed by atoms with Crippen molar-refractivity contribution in [1.82, 2.24) is 9.47 Å². The molecule has 1 saturated carbocycles. The van der Waals surface area contributed by atoms with Crippen molar-refractivity contribution in [3.8, 4) is 0 Å². The summed E-state index contributed by atoms with van der Waals surface area (Å²) in [6.07, 6.45) is 3.58. The van der Waals surface area contributed by atoms with Crippen LogP contribution in [-0.4, -0.2) is 21.4 Å². The molecular formula is C17H17FN2O2. The van der Waals surface area contributed by atoms with Crippen molar-refractivity contribution < 1.29 is 9.18 Å². The summed E-state index contributed by atoms with van der Waals surface area (Å²) in [6, 6.07) is 11.2. The number of pyridine rings is 1. The Balaban J connectivity index is 1.73. The average Bonchev–Trinajstić information content (AvgIpc) is 3.33. The summed E-state index contributed by atoms with van der Waals surface area (Å²) in [7, 11) is 0. The quantitative estimate of drug-likeness (QED) is 0.849. The minimum Gasteiger partial charge on any atom is -0.334 e. The maximum atomic E-state index is 13.0. The number of carbonyl (C=O) groups is 1. The first-order valence-electron chi connectivity index (χ1n) is 7.33. The zero-order valence-corrected chi connectivity index (χ0v) is 12.1. The fourth-order valence-electron chi connectivity index (χ4n) is 2.42. The zero-order chi connectivity index (χ0) is 15.5. The minimum atomic E-state index is -0.288. The van der Waals surface area contributed by atoms with Crippen molar-refractivity contribution in [3.63, 3.8) is 0 Å². The fraction of sp³-hybridized carbons (Fsp3) is 0.294. The lowest BCUT2D eigenvalue weighted by Crippen LogP contribution is -2.37. The van der Waals surface area contributed by atoms with E-state index in [2.05, 4.69) is 0 Å². The molecule has 2 aromatic rings. The summed E-state index contributed by atoms with van der Waals surface area (Å²) in [5, 5.41) is 0. The zero-order valence-electron chi connectivity index (χ0n) is 12.1. The van der Waals surface area contributed by atoms with Crippen LogP contribution < -0.4 is 5.56 Å². The Morgan fingerprint density at radius 3 is 2.55 bits per heavy atom. The normalized spacial score (nSPS) is 13.9. The van der Waals surface area contributed by atoms with E-state index in [1.54, 1.807) is 35.4 Å². The molecular weight excluding hydrogens is 283 g/mol. The summed E-state index contributed by atoms with van der Waals surface area (Å²) in [5.41, 5.74) is 0.704. The predicted octanol–water partition coefficient (Wildman–Crippen LogP) is 2.18. The number of hydrogen-bond donors (Lipinski definition) is 0. The van der Waals surface area contributed by atoms with Crippen LogP contribution in [0.5, 0.6) is 0 Å². The van der Waals surface area contributed by atoms with E-state index in [0.29, 0.717) is 6.54 Å². The summed E-state index contributed by atoms with van der Waals surface area (Å²) >= 11 is 0. The lowest BCUT2D eigenvalue weighted by atomic mass is 10.2. The summed E-state index contributed by atoms with van der Waals surface area (Å²) in [5.74, 6) is -0.371. The van der Waals surface area contributed by atoms with Crippen LogP contribution in [0.2, 0.25) is 0 Å². The Morgan fingerprint density at radius 2 is 1.91 bits per heavy atom. The van der Waals surface area contributed by atoms with Gasteiger partial charge in [0.15, 0.2) is 0 Å². The number of benzene rings is 1. The molecule has 0 saturated heterocycles. The molecule has 3 rings (SSSR count). The van der Waals surface area contributed by atoms with Crippen molar-refractivity contribution in [3.05, 3.63) is 70.4 Å². The highest BCUT2D eigenvalue weighted by molar-refractivity contribution is 5.76. The Labute approximate surface area is 127 Å². The molecule has 1 amide bonds. The monoisotopic (exact) mass is 300 g/mol. The highest BCUT2D eigenvalue weighted by atomic mass is 19.1. The lowest BCUT2D eigenvalue weighted by Gasteiger charge is -2.23. The molecule has 22 heavy (non-hydrogen) atoms. The maximum Gasteiger partial charge on any atom is 0.250 e. The van der Waals surface area contributed by atoms with Crippen molar-refractivity contribution in [1.29, 1.82) is 0 Å². The van der Waals surface area contributed by atoms with Gasteiger partial charge < -0.3 is 9.47 Å². The first-order valence-corrected chi connectivity index (χ1v) is 7.33. The van der Waals surface area contributed by atoms with Gasteiger partial charge in [-0.25, -0.2) is 4.39 Å². The van der Waals surface area contributed by atoms with Crippen molar-refractivity contribution in [2.24, 2.45) is 0 Å². The van der Waals surface area contributed by atoms with E-state index in [1.807, 2.05) is 0 Å². The molecule has 0 spiro atoms. The van der Waals surface area contributed by atoms with Crippen molar-refractivity contribution >= 4 is 5.91 Å². The number of nitrogens with zero attached hydrogens (tertiary/aromatic N) is 2. The van der Waals surface area contributed by atoms with Gasteiger partial charge in [-0.2, -0.15) is 0 Å². The van der Waals surface area contributed by atoms with Gasteiger partial charge in [-0.3, -0.25) is 9.59 Å². The molecule has 1 aliphatic rings. The number of carbonyl (C=O) groups excluding carboxylic acids is 1. The first kappa shape index (κ1) is 14.5. The minimum absolute atomic E-state index is 0.0391. The van der Waals surface area contributed by atoms with Crippen molar-refractivity contribution in [2.75, 3.05) is 0 Å². The van der Waals surface area contributed by atoms with Crippen LogP contribution in [0.4, 0.5) is 4.39 Å². The molecule has 1 aromatic carbocycles. The Bertz CT molecular complexity index is 720. The second-order valence-corrected chi connectivity index (χ2v) is 5.55. The van der Waals surface area contributed by atoms with Gasteiger partial charge in [-0.1, -0.05) is 18.2 Å². The number of halogens is 1. The van der Waals surface area contributed by atoms with Gasteiger partial charge in [-0.15, -0.1) is 0 Å². The van der Waals surface area contributed by atoms with E-state index in [-0.39, 0.29) is 29.9 Å². The van der Waals surface area contributed by atoms with Crippen LogP contribution in [-0.2, 0) is 17.9 Å². The molecule has 0 atom stereocenters. The van der Waals surface area contributed by atoms with Gasteiger partial charge in [-0.05, 0) is 36.6 Å². The van der Waals surface area contributed by atoms with Crippen LogP contribution >= 0.6 is 0 Å². The molecule has 1 heterocycles.